The van der Waals surface area contributed by atoms with Crippen LogP contribution in [0.4, 0.5) is 4.79 Å². The van der Waals surface area contributed by atoms with Crippen molar-refractivity contribution >= 4 is 23.8 Å². The Kier molecular flexibility index (Phi) is 7.43. The summed E-state index contributed by atoms with van der Waals surface area (Å²) in [7, 11) is 0. The van der Waals surface area contributed by atoms with Crippen LogP contribution in [0.3, 0.4) is 0 Å². The topological polar surface area (TPSA) is 125 Å². The Labute approximate surface area is 182 Å². The van der Waals surface area contributed by atoms with Gasteiger partial charge in [0.1, 0.15) is 17.2 Å². The van der Waals surface area contributed by atoms with Crippen molar-refractivity contribution in [3.8, 4) is 0 Å². The molecule has 4 amide bonds. The molecule has 9 heteroatoms. The van der Waals surface area contributed by atoms with Gasteiger partial charge in [0.15, 0.2) is 0 Å². The third kappa shape index (κ3) is 6.52. The van der Waals surface area contributed by atoms with Crippen LogP contribution >= 0.6 is 0 Å². The third-order valence-electron chi connectivity index (χ3n) is 4.72. The number of carbonyl (C=O) groups excluding carboxylic acids is 4. The van der Waals surface area contributed by atoms with Crippen molar-refractivity contribution in [1.82, 2.24) is 15.7 Å². The van der Waals surface area contributed by atoms with Gasteiger partial charge in [-0.1, -0.05) is 44.2 Å². The summed E-state index contributed by atoms with van der Waals surface area (Å²) in [6, 6.07) is 7.88. The highest BCUT2D eigenvalue weighted by atomic mass is 16.6. The SMILES string of the molecule is CC(C)C[C@H](NC(=O)OC(C)(C)C)C(=O)N[C@]1(Cc2ccccc2)CC(=O)N(O)C1=O. The molecule has 0 saturated carbocycles. The molecule has 1 aromatic rings. The number of hydroxylamine groups is 2. The molecule has 1 fully saturated rings. The number of hydrogen-bond donors (Lipinski definition) is 3. The molecule has 2 rings (SSSR count). The maximum Gasteiger partial charge on any atom is 0.408 e. The second-order valence-corrected chi connectivity index (χ2v) is 9.25. The summed E-state index contributed by atoms with van der Waals surface area (Å²) >= 11 is 0. The van der Waals surface area contributed by atoms with E-state index in [1.807, 2.05) is 13.8 Å². The fraction of sp³-hybridized carbons (Fsp3) is 0.545. The van der Waals surface area contributed by atoms with Gasteiger partial charge in [-0.15, -0.1) is 0 Å². The largest absolute Gasteiger partial charge is 0.444 e. The Morgan fingerprint density at radius 2 is 1.81 bits per heavy atom. The van der Waals surface area contributed by atoms with Gasteiger partial charge in [0.2, 0.25) is 5.91 Å². The van der Waals surface area contributed by atoms with Crippen LogP contribution < -0.4 is 10.6 Å². The third-order valence-corrected chi connectivity index (χ3v) is 4.72. The van der Waals surface area contributed by atoms with E-state index in [0.29, 0.717) is 5.56 Å². The fourth-order valence-electron chi connectivity index (χ4n) is 3.42. The van der Waals surface area contributed by atoms with E-state index in [9.17, 15) is 24.4 Å². The number of rotatable bonds is 7. The van der Waals surface area contributed by atoms with Gasteiger partial charge in [-0.3, -0.25) is 19.6 Å². The maximum absolute atomic E-state index is 13.1. The zero-order chi connectivity index (χ0) is 23.4. The molecule has 1 aliphatic rings. The number of ether oxygens (including phenoxy) is 1. The average Bonchev–Trinajstić information content (AvgIpc) is 2.84. The maximum atomic E-state index is 13.1. The average molecular weight is 434 g/mol. The van der Waals surface area contributed by atoms with Crippen molar-refractivity contribution in [3.05, 3.63) is 35.9 Å². The molecule has 2 atom stereocenters. The molecular formula is C22H31N3O6. The van der Waals surface area contributed by atoms with Gasteiger partial charge >= 0.3 is 6.09 Å². The number of imide groups is 1. The molecule has 170 valence electrons. The van der Waals surface area contributed by atoms with Gasteiger partial charge in [-0.05, 0) is 38.7 Å². The van der Waals surface area contributed by atoms with E-state index in [4.69, 9.17) is 4.74 Å². The Balaban J connectivity index is 2.28. The van der Waals surface area contributed by atoms with Crippen LogP contribution in [0.1, 0.15) is 53.0 Å². The molecule has 1 aliphatic heterocycles. The molecule has 9 nitrogen and oxygen atoms in total. The number of hydrogen-bond acceptors (Lipinski definition) is 6. The first kappa shape index (κ1) is 24.3. The smallest absolute Gasteiger partial charge is 0.408 e. The highest BCUT2D eigenvalue weighted by molar-refractivity contribution is 6.09. The predicted octanol–water partition coefficient (Wildman–Crippen LogP) is 2.17. The molecule has 0 radical (unpaired) electrons. The zero-order valence-electron chi connectivity index (χ0n) is 18.6. The molecule has 31 heavy (non-hydrogen) atoms. The van der Waals surface area contributed by atoms with E-state index in [1.54, 1.807) is 51.1 Å². The van der Waals surface area contributed by atoms with Gasteiger partial charge in [-0.25, -0.2) is 4.79 Å². The van der Waals surface area contributed by atoms with Crippen molar-refractivity contribution < 1.29 is 29.1 Å². The van der Waals surface area contributed by atoms with Gasteiger partial charge in [0.25, 0.3) is 11.8 Å². The minimum Gasteiger partial charge on any atom is -0.444 e. The first-order valence-electron chi connectivity index (χ1n) is 10.2. The number of nitrogens with zero attached hydrogens (tertiary/aromatic N) is 1. The zero-order valence-corrected chi connectivity index (χ0v) is 18.6. The summed E-state index contributed by atoms with van der Waals surface area (Å²) in [6.07, 6.45) is -0.841. The van der Waals surface area contributed by atoms with Crippen LogP contribution in [0, 0.1) is 5.92 Å². The van der Waals surface area contributed by atoms with Gasteiger partial charge < -0.3 is 15.4 Å². The Morgan fingerprint density at radius 1 is 1.19 bits per heavy atom. The van der Waals surface area contributed by atoms with E-state index in [1.165, 1.54) is 0 Å². The molecular weight excluding hydrogens is 402 g/mol. The van der Waals surface area contributed by atoms with E-state index < -0.39 is 41.0 Å². The number of amides is 4. The minimum absolute atomic E-state index is 0.0159. The lowest BCUT2D eigenvalue weighted by molar-refractivity contribution is -0.173. The summed E-state index contributed by atoms with van der Waals surface area (Å²) in [4.78, 5) is 50.2. The Morgan fingerprint density at radius 3 is 2.29 bits per heavy atom. The summed E-state index contributed by atoms with van der Waals surface area (Å²) in [6.45, 7) is 8.89. The van der Waals surface area contributed by atoms with Crippen LogP contribution in [0.2, 0.25) is 0 Å². The lowest BCUT2D eigenvalue weighted by Gasteiger charge is -2.30. The number of benzene rings is 1. The molecule has 0 bridgehead atoms. The summed E-state index contributed by atoms with van der Waals surface area (Å²) in [5.41, 5.74) is -1.68. The lowest BCUT2D eigenvalue weighted by Crippen LogP contribution is -2.60. The summed E-state index contributed by atoms with van der Waals surface area (Å²) < 4.78 is 5.25. The molecule has 1 saturated heterocycles. The summed E-state index contributed by atoms with van der Waals surface area (Å²) in [5.74, 6) is -2.30. The number of alkyl carbamates (subject to hydrolysis) is 1. The van der Waals surface area contributed by atoms with Crippen LogP contribution in [-0.4, -0.2) is 51.3 Å². The van der Waals surface area contributed by atoms with Crippen molar-refractivity contribution in [2.24, 2.45) is 5.92 Å². The van der Waals surface area contributed by atoms with Gasteiger partial charge in [0, 0.05) is 6.42 Å². The highest BCUT2D eigenvalue weighted by Gasteiger charge is 2.53. The monoisotopic (exact) mass is 433 g/mol. The number of carbonyl (C=O) groups is 4. The molecule has 1 aromatic carbocycles. The van der Waals surface area contributed by atoms with Crippen LogP contribution in [0.5, 0.6) is 0 Å². The second-order valence-electron chi connectivity index (χ2n) is 9.25. The molecule has 3 N–H and O–H groups in total. The molecule has 0 aromatic heterocycles. The van der Waals surface area contributed by atoms with Crippen LogP contribution in [-0.2, 0) is 25.5 Å². The normalized spacial score (nSPS) is 20.0. The standard InChI is InChI=1S/C22H31N3O6/c1-14(2)11-16(23-20(29)31-21(3,4)5)18(27)24-22(12-15-9-7-6-8-10-15)13-17(26)25(30)19(22)28/h6-10,14,16,30H,11-13H2,1-5H3,(H,23,29)(H,24,27)/t16-,22+/m0/s1. The predicted molar refractivity (Wildman–Crippen MR) is 112 cm³/mol. The second kappa shape index (κ2) is 9.47. The van der Waals surface area contributed by atoms with E-state index >= 15 is 0 Å². The fourth-order valence-corrected chi connectivity index (χ4v) is 3.42. The molecule has 0 aliphatic carbocycles. The minimum atomic E-state index is -1.64. The first-order chi connectivity index (χ1) is 14.3. The highest BCUT2D eigenvalue weighted by Crippen LogP contribution is 2.28. The molecule has 0 unspecified atom stereocenters. The van der Waals surface area contributed by atoms with Crippen molar-refractivity contribution in [2.75, 3.05) is 0 Å². The lowest BCUT2D eigenvalue weighted by atomic mass is 9.88. The number of nitrogens with one attached hydrogen (secondary N) is 2. The van der Waals surface area contributed by atoms with E-state index in [-0.39, 0.29) is 30.2 Å². The van der Waals surface area contributed by atoms with E-state index in [0.717, 1.165) is 0 Å². The molecule has 0 spiro atoms. The van der Waals surface area contributed by atoms with Gasteiger partial charge in [-0.2, -0.15) is 5.06 Å². The molecule has 1 heterocycles. The van der Waals surface area contributed by atoms with Crippen molar-refractivity contribution in [3.63, 3.8) is 0 Å². The van der Waals surface area contributed by atoms with Gasteiger partial charge in [0.05, 0.1) is 6.42 Å². The Bertz CT molecular complexity index is 833. The summed E-state index contributed by atoms with van der Waals surface area (Å²) in [5, 5.41) is 15.1. The Hall–Kier alpha value is -2.94. The first-order valence-corrected chi connectivity index (χ1v) is 10.2. The van der Waals surface area contributed by atoms with Crippen molar-refractivity contribution in [2.45, 2.75) is 71.1 Å². The van der Waals surface area contributed by atoms with Crippen molar-refractivity contribution in [1.29, 1.82) is 0 Å². The van der Waals surface area contributed by atoms with Crippen LogP contribution in [0.25, 0.3) is 0 Å². The van der Waals surface area contributed by atoms with E-state index in [2.05, 4.69) is 10.6 Å². The quantitative estimate of drug-likeness (QED) is 0.447. The van der Waals surface area contributed by atoms with Crippen LogP contribution in [0.15, 0.2) is 30.3 Å².